The molecule has 0 atom stereocenters. The zero-order chi connectivity index (χ0) is 34.2. The molecular formula is C20H18Cl6N14O3S5. The number of tetrazole rings is 2. The Balaban J connectivity index is 0.000000283. The van der Waals surface area contributed by atoms with Crippen molar-refractivity contribution in [2.75, 3.05) is 18.4 Å². The number of hydrogen-bond donors (Lipinski definition) is 2. The zero-order valence-corrected chi connectivity index (χ0v) is 31.6. The molecule has 48 heavy (non-hydrogen) atoms. The molecule has 0 bridgehead atoms. The van der Waals surface area contributed by atoms with Crippen molar-refractivity contribution in [3.63, 3.8) is 0 Å². The van der Waals surface area contributed by atoms with Gasteiger partial charge < -0.3 is 15.5 Å². The van der Waals surface area contributed by atoms with Crippen LogP contribution in [0.4, 0.5) is 0 Å². The molecule has 0 radical (unpaired) electrons. The van der Waals surface area contributed by atoms with E-state index in [1.54, 1.807) is 14.1 Å². The first-order valence-electron chi connectivity index (χ1n) is 11.9. The molecule has 5 aromatic heterocycles. The molecule has 0 saturated carbocycles. The minimum Gasteiger partial charge on any atom is -0.342 e. The first-order valence-corrected chi connectivity index (χ1v) is 18.4. The second kappa shape index (κ2) is 18.8. The van der Waals surface area contributed by atoms with E-state index < -0.39 is 11.8 Å². The number of carbonyl (C=O) groups is 3. The van der Waals surface area contributed by atoms with Crippen LogP contribution in [0.15, 0.2) is 10.3 Å². The van der Waals surface area contributed by atoms with Crippen molar-refractivity contribution in [3.8, 4) is 0 Å². The van der Waals surface area contributed by atoms with Crippen LogP contribution in [0.5, 0.6) is 0 Å². The number of nitrogens with one attached hydrogen (secondary N) is 2. The van der Waals surface area contributed by atoms with Crippen LogP contribution in [0, 0.1) is 0 Å². The normalized spacial score (nSPS) is 10.6. The van der Waals surface area contributed by atoms with Gasteiger partial charge in [0, 0.05) is 14.1 Å². The topological polar surface area (TPSA) is 204 Å². The van der Waals surface area contributed by atoms with Crippen molar-refractivity contribution >= 4 is 145 Å². The van der Waals surface area contributed by atoms with E-state index in [9.17, 15) is 14.4 Å². The molecule has 0 saturated heterocycles. The van der Waals surface area contributed by atoms with Gasteiger partial charge in [0.2, 0.25) is 10.3 Å². The molecular weight excluding hydrogens is 857 g/mol. The zero-order valence-electron chi connectivity index (χ0n) is 23.0. The van der Waals surface area contributed by atoms with Gasteiger partial charge in [-0.25, -0.2) is 9.36 Å². The van der Waals surface area contributed by atoms with Crippen molar-refractivity contribution in [2.24, 2.45) is 14.1 Å². The lowest BCUT2D eigenvalue weighted by Gasteiger charge is -2.21. The Morgan fingerprint density at radius 1 is 0.708 bits per heavy atom. The van der Waals surface area contributed by atoms with Crippen molar-refractivity contribution in [1.29, 1.82) is 0 Å². The van der Waals surface area contributed by atoms with Gasteiger partial charge in [-0.1, -0.05) is 101 Å². The second-order valence-electron chi connectivity index (χ2n) is 8.10. The molecule has 2 N–H and O–H groups in total. The predicted octanol–water partition coefficient (Wildman–Crippen LogP) is 5.41. The van der Waals surface area contributed by atoms with Gasteiger partial charge >= 0.3 is 0 Å². The summed E-state index contributed by atoms with van der Waals surface area (Å²) in [5.74, 6) is -0.909. The maximum atomic E-state index is 12.9. The summed E-state index contributed by atoms with van der Waals surface area (Å²) >= 11 is 40.2. The summed E-state index contributed by atoms with van der Waals surface area (Å²) < 4.78 is 14.4. The molecule has 5 heterocycles. The van der Waals surface area contributed by atoms with E-state index >= 15 is 0 Å². The summed E-state index contributed by atoms with van der Waals surface area (Å²) in [6.07, 6.45) is 0. The monoisotopic (exact) mass is 872 g/mol. The Morgan fingerprint density at radius 3 is 1.56 bits per heavy atom. The maximum Gasteiger partial charge on any atom is 0.269 e. The van der Waals surface area contributed by atoms with Gasteiger partial charge in [0.1, 0.15) is 29.7 Å². The van der Waals surface area contributed by atoms with E-state index in [1.165, 1.54) is 37.8 Å². The van der Waals surface area contributed by atoms with Crippen molar-refractivity contribution in [3.05, 3.63) is 45.2 Å². The molecule has 5 aromatic rings. The summed E-state index contributed by atoms with van der Waals surface area (Å²) in [5.41, 5.74) is 0. The fraction of sp³-hybridized carbons (Fsp3) is 0.300. The molecule has 0 aliphatic rings. The lowest BCUT2D eigenvalue weighted by molar-refractivity contribution is 0.0761. The number of hydrogen-bond acceptors (Lipinski definition) is 17. The molecule has 0 aliphatic carbocycles. The molecule has 28 heteroatoms. The van der Waals surface area contributed by atoms with Gasteiger partial charge in [-0.2, -0.15) is 13.1 Å². The van der Waals surface area contributed by atoms with Crippen molar-refractivity contribution in [2.45, 2.75) is 17.7 Å². The van der Waals surface area contributed by atoms with E-state index in [2.05, 4.69) is 54.8 Å². The summed E-state index contributed by atoms with van der Waals surface area (Å²) in [6, 6.07) is 0. The highest BCUT2D eigenvalue weighted by Crippen LogP contribution is 2.31. The summed E-state index contributed by atoms with van der Waals surface area (Å²) in [7, 11) is 3.37. The Bertz CT molecular complexity index is 1880. The Kier molecular flexibility index (Phi) is 15.8. The SMILES string of the molecule is C.Cn1nnnc1SCN(CNC(=O)c1snc(Cl)c1Cl)C(=O)c1snc(Cl)c1Cl.Cn1nnnc1SCNC(=O)c1snc(Cl)c1Cl. The third-order valence-corrected chi connectivity index (χ3v) is 12.4. The van der Waals surface area contributed by atoms with Gasteiger partial charge in [-0.15, -0.1) is 10.2 Å². The molecule has 0 aliphatic heterocycles. The van der Waals surface area contributed by atoms with E-state index in [-0.39, 0.29) is 66.2 Å². The summed E-state index contributed by atoms with van der Waals surface area (Å²) in [5, 5.41) is 28.8. The number of halogens is 6. The third kappa shape index (κ3) is 10.2. The molecule has 5 rings (SSSR count). The van der Waals surface area contributed by atoms with Gasteiger partial charge in [-0.05, 0) is 55.5 Å². The lowest BCUT2D eigenvalue weighted by atomic mass is 10.4. The smallest absolute Gasteiger partial charge is 0.269 e. The van der Waals surface area contributed by atoms with Crippen LogP contribution in [0.25, 0.3) is 0 Å². The van der Waals surface area contributed by atoms with E-state index in [1.807, 2.05) is 0 Å². The fourth-order valence-corrected chi connectivity index (χ4v) is 7.72. The molecule has 0 spiro atoms. The molecule has 0 aromatic carbocycles. The Labute approximate surface area is 321 Å². The highest BCUT2D eigenvalue weighted by Gasteiger charge is 2.25. The minimum absolute atomic E-state index is 0. The van der Waals surface area contributed by atoms with Gasteiger partial charge in [0.25, 0.3) is 17.7 Å². The van der Waals surface area contributed by atoms with E-state index in [4.69, 9.17) is 69.6 Å². The molecule has 0 unspecified atom stereocenters. The van der Waals surface area contributed by atoms with Crippen LogP contribution in [0.3, 0.4) is 0 Å². The highest BCUT2D eigenvalue weighted by atomic mass is 35.5. The number of nitrogens with zero attached hydrogens (tertiary/aromatic N) is 12. The minimum atomic E-state index is -0.532. The Morgan fingerprint density at radius 2 is 1.15 bits per heavy atom. The highest BCUT2D eigenvalue weighted by molar-refractivity contribution is 7.99. The fourth-order valence-electron chi connectivity index (χ4n) is 2.83. The van der Waals surface area contributed by atoms with Crippen LogP contribution in [-0.4, -0.2) is 94.6 Å². The second-order valence-corrected chi connectivity index (χ2v) is 14.5. The summed E-state index contributed by atoms with van der Waals surface area (Å²) in [6.45, 7) is -0.159. The van der Waals surface area contributed by atoms with E-state index in [0.717, 1.165) is 34.6 Å². The van der Waals surface area contributed by atoms with E-state index in [0.29, 0.717) is 21.1 Å². The largest absolute Gasteiger partial charge is 0.342 e. The standard InChI is InChI=1S/C12H8Cl4N8O2S3.C7H6Cl2N6OS2.CH4/c1-23-12(18-21-22-23)27-3-24(11(26)7-5(14)9(16)20-29-7)2-17-10(25)6-4(13)8(15)19-28-6;1-15-7(11-13-14-15)17-2-10-6(16)4-3(8)5(9)12-18-4;/h2-3H2,1H3,(H,17,25);2H2,1H3,(H,10,16);1H4. The van der Waals surface area contributed by atoms with Gasteiger partial charge in [-0.3, -0.25) is 14.4 Å². The van der Waals surface area contributed by atoms with Crippen molar-refractivity contribution < 1.29 is 14.4 Å². The molecule has 3 amide bonds. The van der Waals surface area contributed by atoms with Gasteiger partial charge in [0.15, 0.2) is 15.5 Å². The maximum absolute atomic E-state index is 12.9. The van der Waals surface area contributed by atoms with Crippen LogP contribution in [-0.2, 0) is 14.1 Å². The lowest BCUT2D eigenvalue weighted by Crippen LogP contribution is -2.41. The number of aromatic nitrogens is 11. The molecule has 0 fully saturated rings. The first-order chi connectivity index (χ1) is 22.4. The molecule has 258 valence electrons. The van der Waals surface area contributed by atoms with Crippen LogP contribution < -0.4 is 10.6 Å². The predicted molar refractivity (Wildman–Crippen MR) is 188 cm³/mol. The number of rotatable bonds is 11. The summed E-state index contributed by atoms with van der Waals surface area (Å²) in [4.78, 5) is 38.9. The van der Waals surface area contributed by atoms with Crippen LogP contribution in [0.2, 0.25) is 30.5 Å². The van der Waals surface area contributed by atoms with Crippen LogP contribution >= 0.6 is 128 Å². The number of amides is 3. The van der Waals surface area contributed by atoms with Gasteiger partial charge in [0.05, 0.1) is 18.4 Å². The Hall–Kier alpha value is -2.12. The molecule has 17 nitrogen and oxygen atoms in total. The average Bonchev–Trinajstić information content (AvgIpc) is 3.87. The number of aryl methyl sites for hydroxylation is 2. The number of thioether (sulfide) groups is 2. The number of carbonyl (C=O) groups excluding carboxylic acids is 3. The van der Waals surface area contributed by atoms with Crippen molar-refractivity contribution in [1.82, 2.24) is 69.1 Å². The van der Waals surface area contributed by atoms with Crippen LogP contribution in [0.1, 0.15) is 36.4 Å². The third-order valence-electron chi connectivity index (χ3n) is 5.06. The average molecular weight is 876 g/mol. The first kappa shape index (κ1) is 40.3. The quantitative estimate of drug-likeness (QED) is 0.126.